The van der Waals surface area contributed by atoms with Crippen LogP contribution in [0.5, 0.6) is 0 Å². The highest BCUT2D eigenvalue weighted by Gasteiger charge is 2.16. The van der Waals surface area contributed by atoms with Gasteiger partial charge < -0.3 is 5.32 Å². The Morgan fingerprint density at radius 1 is 1.13 bits per heavy atom. The molecule has 0 aromatic carbocycles. The van der Waals surface area contributed by atoms with Gasteiger partial charge in [-0.3, -0.25) is 0 Å². The van der Waals surface area contributed by atoms with E-state index in [2.05, 4.69) is 39.9 Å². The van der Waals surface area contributed by atoms with Gasteiger partial charge in [0.15, 0.2) is 0 Å². The fourth-order valence-electron chi connectivity index (χ4n) is 1.74. The first-order valence-corrected chi connectivity index (χ1v) is 6.72. The van der Waals surface area contributed by atoms with Crippen molar-refractivity contribution >= 4 is 0 Å². The highest BCUT2D eigenvalue weighted by molar-refractivity contribution is 4.72. The molecular weight excluding hydrogens is 182 g/mol. The van der Waals surface area contributed by atoms with E-state index < -0.39 is 0 Å². The zero-order valence-electron chi connectivity index (χ0n) is 11.5. The first-order valence-electron chi connectivity index (χ1n) is 6.72. The lowest BCUT2D eigenvalue weighted by atomic mass is 9.87. The molecule has 0 amide bonds. The molecule has 0 rings (SSSR count). The molecule has 1 nitrogen and oxygen atoms in total. The second kappa shape index (κ2) is 8.15. The molecular formula is C14H31N. The fourth-order valence-corrected chi connectivity index (χ4v) is 1.74. The molecule has 15 heavy (non-hydrogen) atoms. The van der Waals surface area contributed by atoms with E-state index in [1.54, 1.807) is 0 Å². The van der Waals surface area contributed by atoms with Crippen molar-refractivity contribution in [2.24, 2.45) is 11.3 Å². The lowest BCUT2D eigenvalue weighted by molar-refractivity contribution is 0.294. The van der Waals surface area contributed by atoms with E-state index in [1.807, 2.05) is 0 Å². The maximum atomic E-state index is 3.60. The molecule has 0 heterocycles. The van der Waals surface area contributed by atoms with Crippen molar-refractivity contribution in [3.63, 3.8) is 0 Å². The molecule has 0 aliphatic carbocycles. The molecule has 0 spiro atoms. The van der Waals surface area contributed by atoms with E-state index in [-0.39, 0.29) is 0 Å². The normalized spacial score (nSPS) is 14.2. The summed E-state index contributed by atoms with van der Waals surface area (Å²) in [6, 6.07) is 0. The zero-order valence-corrected chi connectivity index (χ0v) is 11.5. The van der Waals surface area contributed by atoms with Crippen LogP contribution in [0.2, 0.25) is 0 Å². The van der Waals surface area contributed by atoms with Crippen molar-refractivity contribution in [1.82, 2.24) is 5.32 Å². The van der Waals surface area contributed by atoms with Crippen LogP contribution in [0, 0.1) is 11.3 Å². The van der Waals surface area contributed by atoms with Crippen molar-refractivity contribution < 1.29 is 0 Å². The summed E-state index contributed by atoms with van der Waals surface area (Å²) >= 11 is 0. The summed E-state index contributed by atoms with van der Waals surface area (Å²) in [6.07, 6.45) is 6.73. The Kier molecular flexibility index (Phi) is 8.13. The average molecular weight is 213 g/mol. The molecule has 1 atom stereocenters. The molecule has 92 valence electrons. The second-order valence-corrected chi connectivity index (χ2v) is 5.77. The summed E-state index contributed by atoms with van der Waals surface area (Å²) in [4.78, 5) is 0. The molecule has 0 aliphatic rings. The van der Waals surface area contributed by atoms with E-state index in [1.165, 1.54) is 45.2 Å². The molecule has 1 N–H and O–H groups in total. The number of rotatable bonds is 9. The fraction of sp³-hybridized carbons (Fsp3) is 1.00. The van der Waals surface area contributed by atoms with Crippen molar-refractivity contribution in [2.45, 2.75) is 66.7 Å². The molecule has 0 bridgehead atoms. The Morgan fingerprint density at radius 2 is 1.80 bits per heavy atom. The van der Waals surface area contributed by atoms with E-state index in [9.17, 15) is 0 Å². The minimum Gasteiger partial charge on any atom is -0.316 e. The highest BCUT2D eigenvalue weighted by Crippen LogP contribution is 2.22. The molecule has 0 radical (unpaired) electrons. The van der Waals surface area contributed by atoms with Crippen LogP contribution >= 0.6 is 0 Å². The van der Waals surface area contributed by atoms with Crippen molar-refractivity contribution in [3.8, 4) is 0 Å². The van der Waals surface area contributed by atoms with Gasteiger partial charge in [0.1, 0.15) is 0 Å². The summed E-state index contributed by atoms with van der Waals surface area (Å²) < 4.78 is 0. The summed E-state index contributed by atoms with van der Waals surface area (Å²) in [5.41, 5.74) is 0.475. The van der Waals surface area contributed by atoms with Gasteiger partial charge >= 0.3 is 0 Å². The van der Waals surface area contributed by atoms with Crippen molar-refractivity contribution in [2.75, 3.05) is 13.1 Å². The van der Waals surface area contributed by atoms with E-state index in [0.717, 1.165) is 5.92 Å². The lowest BCUT2D eigenvalue weighted by Gasteiger charge is -2.26. The summed E-state index contributed by atoms with van der Waals surface area (Å²) in [5, 5.41) is 3.60. The SMILES string of the molecule is CCCCCC(C)(C)CNCC(C)CC. The smallest absolute Gasteiger partial charge is 0.000263 e. The Morgan fingerprint density at radius 3 is 2.33 bits per heavy atom. The Labute approximate surface area is 97.0 Å². The minimum absolute atomic E-state index is 0.475. The average Bonchev–Trinajstić information content (AvgIpc) is 2.17. The second-order valence-electron chi connectivity index (χ2n) is 5.77. The van der Waals surface area contributed by atoms with Gasteiger partial charge in [0.2, 0.25) is 0 Å². The first kappa shape index (κ1) is 15.0. The van der Waals surface area contributed by atoms with Crippen LogP contribution in [0.25, 0.3) is 0 Å². The standard InChI is InChI=1S/C14H31N/c1-6-8-9-10-14(4,5)12-15-11-13(3)7-2/h13,15H,6-12H2,1-5H3. The Bertz CT molecular complexity index is 140. The zero-order chi connectivity index (χ0) is 11.7. The lowest BCUT2D eigenvalue weighted by Crippen LogP contribution is -2.32. The molecule has 0 saturated heterocycles. The molecule has 1 heteroatoms. The number of hydrogen-bond donors (Lipinski definition) is 1. The molecule has 1 unspecified atom stereocenters. The van der Waals surface area contributed by atoms with Crippen molar-refractivity contribution in [3.05, 3.63) is 0 Å². The van der Waals surface area contributed by atoms with Gasteiger partial charge in [0.25, 0.3) is 0 Å². The van der Waals surface area contributed by atoms with E-state index in [4.69, 9.17) is 0 Å². The Balaban J connectivity index is 3.54. The summed E-state index contributed by atoms with van der Waals surface area (Å²) in [5.74, 6) is 0.816. The maximum absolute atomic E-state index is 3.60. The number of unbranched alkanes of at least 4 members (excludes halogenated alkanes) is 2. The highest BCUT2D eigenvalue weighted by atomic mass is 14.9. The quantitative estimate of drug-likeness (QED) is 0.565. The minimum atomic E-state index is 0.475. The van der Waals surface area contributed by atoms with Crippen LogP contribution in [-0.4, -0.2) is 13.1 Å². The summed E-state index contributed by atoms with van der Waals surface area (Å²) in [7, 11) is 0. The van der Waals surface area contributed by atoms with Gasteiger partial charge in [-0.2, -0.15) is 0 Å². The third-order valence-corrected chi connectivity index (χ3v) is 3.25. The number of hydrogen-bond acceptors (Lipinski definition) is 1. The van der Waals surface area contributed by atoms with Crippen LogP contribution in [0.1, 0.15) is 66.7 Å². The molecule has 0 aromatic rings. The predicted octanol–water partition coefficient (Wildman–Crippen LogP) is 4.23. The van der Waals surface area contributed by atoms with Crippen LogP contribution in [0.15, 0.2) is 0 Å². The van der Waals surface area contributed by atoms with E-state index in [0.29, 0.717) is 5.41 Å². The third-order valence-electron chi connectivity index (χ3n) is 3.25. The number of nitrogens with one attached hydrogen (secondary N) is 1. The summed E-state index contributed by atoms with van der Waals surface area (Å²) in [6.45, 7) is 14.0. The molecule has 0 aliphatic heterocycles. The van der Waals surface area contributed by atoms with Gasteiger partial charge in [-0.05, 0) is 24.3 Å². The van der Waals surface area contributed by atoms with Crippen molar-refractivity contribution in [1.29, 1.82) is 0 Å². The third kappa shape index (κ3) is 8.92. The van der Waals surface area contributed by atoms with E-state index >= 15 is 0 Å². The maximum Gasteiger partial charge on any atom is 0.000263 e. The van der Waals surface area contributed by atoms with Gasteiger partial charge in [0.05, 0.1) is 0 Å². The molecule has 0 aromatic heterocycles. The van der Waals surface area contributed by atoms with Crippen LogP contribution in [-0.2, 0) is 0 Å². The topological polar surface area (TPSA) is 12.0 Å². The van der Waals surface area contributed by atoms with Gasteiger partial charge in [-0.25, -0.2) is 0 Å². The molecule has 0 saturated carbocycles. The first-order chi connectivity index (χ1) is 7.02. The van der Waals surface area contributed by atoms with Gasteiger partial charge in [0, 0.05) is 6.54 Å². The van der Waals surface area contributed by atoms with Gasteiger partial charge in [-0.1, -0.05) is 60.3 Å². The monoisotopic (exact) mass is 213 g/mol. The molecule has 0 fully saturated rings. The van der Waals surface area contributed by atoms with Crippen LogP contribution in [0.4, 0.5) is 0 Å². The van der Waals surface area contributed by atoms with Crippen LogP contribution < -0.4 is 5.32 Å². The van der Waals surface area contributed by atoms with Gasteiger partial charge in [-0.15, -0.1) is 0 Å². The largest absolute Gasteiger partial charge is 0.316 e. The van der Waals surface area contributed by atoms with Crippen LogP contribution in [0.3, 0.4) is 0 Å². The predicted molar refractivity (Wildman–Crippen MR) is 70.2 cm³/mol. The Hall–Kier alpha value is -0.0400.